The highest BCUT2D eigenvalue weighted by atomic mass is 19.2. The van der Waals surface area contributed by atoms with Crippen LogP contribution in [0.4, 0.5) is 23.2 Å². The van der Waals surface area contributed by atoms with E-state index in [2.05, 4.69) is 10.3 Å². The van der Waals surface area contributed by atoms with Gasteiger partial charge in [-0.3, -0.25) is 14.4 Å². The molecule has 0 unspecified atom stereocenters. The molecule has 35 heavy (non-hydrogen) atoms. The summed E-state index contributed by atoms with van der Waals surface area (Å²) in [4.78, 5) is 44.8. The third-order valence-corrected chi connectivity index (χ3v) is 6.55. The molecule has 0 saturated heterocycles. The number of amides is 3. The van der Waals surface area contributed by atoms with Gasteiger partial charge in [0.1, 0.15) is 16.9 Å². The largest absolute Gasteiger partial charge is 0.351 e. The highest BCUT2D eigenvalue weighted by molar-refractivity contribution is 6.11. The third-order valence-electron chi connectivity index (χ3n) is 6.55. The van der Waals surface area contributed by atoms with E-state index in [4.69, 9.17) is 0 Å². The molecule has 1 aromatic carbocycles. The van der Waals surface area contributed by atoms with E-state index in [1.807, 2.05) is 6.92 Å². The Hall–Kier alpha value is -3.44. The molecule has 2 aromatic rings. The maximum atomic E-state index is 14.0. The second-order valence-electron chi connectivity index (χ2n) is 9.05. The molecule has 2 aliphatic rings. The summed E-state index contributed by atoms with van der Waals surface area (Å²) in [6.07, 6.45) is 5.44. The second-order valence-corrected chi connectivity index (χ2v) is 9.05. The zero-order valence-corrected chi connectivity index (χ0v) is 19.3. The van der Waals surface area contributed by atoms with Crippen molar-refractivity contribution in [2.24, 2.45) is 0 Å². The van der Waals surface area contributed by atoms with Gasteiger partial charge < -0.3 is 20.1 Å². The van der Waals surface area contributed by atoms with Crippen LogP contribution in [0.15, 0.2) is 12.4 Å². The summed E-state index contributed by atoms with van der Waals surface area (Å²) in [6, 6.07) is 0.0440. The molecule has 12 heteroatoms. The third kappa shape index (κ3) is 4.25. The van der Waals surface area contributed by atoms with Crippen molar-refractivity contribution >= 4 is 23.4 Å². The first-order valence-electron chi connectivity index (χ1n) is 11.4. The van der Waals surface area contributed by atoms with Crippen molar-refractivity contribution in [1.29, 1.82) is 0 Å². The van der Waals surface area contributed by atoms with Gasteiger partial charge in [0.05, 0.1) is 12.9 Å². The van der Waals surface area contributed by atoms with Crippen molar-refractivity contribution in [2.45, 2.75) is 64.1 Å². The Labute approximate surface area is 198 Å². The number of rotatable bonds is 6. The standard InChI is InChI=1S/C23H25F4N5O3/c1-3-8-32-21(34)19-18(20(33)30-17-15(26)13(24)9-14(25)16(17)27)28-11-31(19)10-23(32,2)22(35)29-12-6-4-5-7-12/h9,11-12H,3-8,10H2,1-2H3,(H,29,35)(H,30,33)/t23-/m0/s1. The van der Waals surface area contributed by atoms with Gasteiger partial charge in [-0.1, -0.05) is 19.8 Å². The minimum absolute atomic E-state index is 0.00970. The molecule has 0 radical (unpaired) electrons. The van der Waals surface area contributed by atoms with Gasteiger partial charge in [0.25, 0.3) is 11.8 Å². The van der Waals surface area contributed by atoms with E-state index in [9.17, 15) is 31.9 Å². The van der Waals surface area contributed by atoms with E-state index in [0.29, 0.717) is 6.42 Å². The van der Waals surface area contributed by atoms with E-state index >= 15 is 0 Å². The van der Waals surface area contributed by atoms with Gasteiger partial charge in [-0.2, -0.15) is 0 Å². The fourth-order valence-corrected chi connectivity index (χ4v) is 4.69. The van der Waals surface area contributed by atoms with Crippen LogP contribution in [0.5, 0.6) is 0 Å². The van der Waals surface area contributed by atoms with E-state index in [-0.39, 0.29) is 36.8 Å². The lowest BCUT2D eigenvalue weighted by atomic mass is 9.93. The van der Waals surface area contributed by atoms with Gasteiger partial charge in [0, 0.05) is 18.7 Å². The molecule has 0 spiro atoms. The summed E-state index contributed by atoms with van der Waals surface area (Å²) in [6.45, 7) is 3.65. The number of benzene rings is 1. The van der Waals surface area contributed by atoms with Crippen molar-refractivity contribution in [3.8, 4) is 0 Å². The lowest BCUT2D eigenvalue weighted by Gasteiger charge is -2.44. The van der Waals surface area contributed by atoms with Gasteiger partial charge in [-0.15, -0.1) is 0 Å². The summed E-state index contributed by atoms with van der Waals surface area (Å²) >= 11 is 0. The molecule has 4 rings (SSSR count). The molecule has 1 saturated carbocycles. The molecule has 8 nitrogen and oxygen atoms in total. The van der Waals surface area contributed by atoms with E-state index < -0.39 is 52.0 Å². The molecule has 1 atom stereocenters. The normalized spacial score (nSPS) is 20.2. The first-order valence-corrected chi connectivity index (χ1v) is 11.4. The number of aromatic nitrogens is 2. The number of hydrogen-bond donors (Lipinski definition) is 2. The first-order chi connectivity index (χ1) is 16.6. The molecular formula is C23H25F4N5O3. The molecule has 3 amide bonds. The van der Waals surface area contributed by atoms with Gasteiger partial charge in [0.15, 0.2) is 29.0 Å². The van der Waals surface area contributed by atoms with Crippen molar-refractivity contribution in [3.05, 3.63) is 47.1 Å². The zero-order chi connectivity index (χ0) is 25.5. The number of anilines is 1. The molecular weight excluding hydrogens is 470 g/mol. The number of nitrogens with zero attached hydrogens (tertiary/aromatic N) is 3. The maximum absolute atomic E-state index is 14.0. The van der Waals surface area contributed by atoms with Crippen molar-refractivity contribution in [3.63, 3.8) is 0 Å². The molecule has 2 N–H and O–H groups in total. The van der Waals surface area contributed by atoms with Crippen molar-refractivity contribution < 1.29 is 31.9 Å². The predicted octanol–water partition coefficient (Wildman–Crippen LogP) is 3.38. The van der Waals surface area contributed by atoms with Crippen LogP contribution in [0.25, 0.3) is 0 Å². The highest BCUT2D eigenvalue weighted by Crippen LogP contribution is 2.31. The smallest absolute Gasteiger partial charge is 0.276 e. The van der Waals surface area contributed by atoms with Gasteiger partial charge >= 0.3 is 0 Å². The van der Waals surface area contributed by atoms with Crippen LogP contribution in [-0.2, 0) is 11.3 Å². The number of hydrogen-bond acceptors (Lipinski definition) is 4. The fourth-order valence-electron chi connectivity index (χ4n) is 4.69. The minimum atomic E-state index is -1.79. The SMILES string of the molecule is CCCN1C(=O)c2c(C(=O)Nc3c(F)c(F)cc(F)c3F)ncn2C[C@@]1(C)C(=O)NC1CCCC1. The number of halogens is 4. The molecule has 0 bridgehead atoms. The molecule has 1 aliphatic heterocycles. The topological polar surface area (TPSA) is 96.3 Å². The van der Waals surface area contributed by atoms with Crippen LogP contribution in [0.3, 0.4) is 0 Å². The van der Waals surface area contributed by atoms with E-state index in [1.54, 1.807) is 12.2 Å². The Bertz CT molecular complexity index is 1170. The summed E-state index contributed by atoms with van der Waals surface area (Å²) in [5.41, 5.74) is -3.28. The van der Waals surface area contributed by atoms with Crippen molar-refractivity contribution in [2.75, 3.05) is 11.9 Å². The number of carbonyl (C=O) groups excluding carboxylic acids is 3. The van der Waals surface area contributed by atoms with Crippen LogP contribution in [0.2, 0.25) is 0 Å². The Morgan fingerprint density at radius 2 is 1.77 bits per heavy atom. The lowest BCUT2D eigenvalue weighted by molar-refractivity contribution is -0.133. The zero-order valence-electron chi connectivity index (χ0n) is 19.3. The van der Waals surface area contributed by atoms with Crippen LogP contribution < -0.4 is 10.6 Å². The average molecular weight is 495 g/mol. The Morgan fingerprint density at radius 1 is 1.14 bits per heavy atom. The van der Waals surface area contributed by atoms with Gasteiger partial charge in [0.2, 0.25) is 5.91 Å². The maximum Gasteiger partial charge on any atom is 0.276 e. The summed E-state index contributed by atoms with van der Waals surface area (Å²) in [7, 11) is 0. The van der Waals surface area contributed by atoms with Gasteiger partial charge in [-0.25, -0.2) is 22.5 Å². The Balaban J connectivity index is 1.66. The Kier molecular flexibility index (Phi) is 6.56. The number of fused-ring (bicyclic) bond motifs is 1. The predicted molar refractivity (Wildman–Crippen MR) is 117 cm³/mol. The van der Waals surface area contributed by atoms with E-state index in [1.165, 1.54) is 15.8 Å². The van der Waals surface area contributed by atoms with Crippen molar-refractivity contribution in [1.82, 2.24) is 19.8 Å². The molecule has 1 fully saturated rings. The van der Waals surface area contributed by atoms with Gasteiger partial charge in [-0.05, 0) is 26.2 Å². The van der Waals surface area contributed by atoms with Crippen LogP contribution in [-0.4, -0.2) is 50.3 Å². The molecule has 188 valence electrons. The molecule has 1 aromatic heterocycles. The van der Waals surface area contributed by atoms with Crippen LogP contribution in [0, 0.1) is 23.3 Å². The first kappa shape index (κ1) is 24.7. The Morgan fingerprint density at radius 3 is 2.37 bits per heavy atom. The second kappa shape index (κ2) is 9.31. The lowest BCUT2D eigenvalue weighted by Crippen LogP contribution is -2.65. The summed E-state index contributed by atoms with van der Waals surface area (Å²) in [5.74, 6) is -9.20. The monoisotopic (exact) mass is 495 g/mol. The summed E-state index contributed by atoms with van der Waals surface area (Å²) < 4.78 is 56.5. The molecule has 2 heterocycles. The summed E-state index contributed by atoms with van der Waals surface area (Å²) in [5, 5.41) is 4.79. The molecule has 1 aliphatic carbocycles. The number of nitrogens with one attached hydrogen (secondary N) is 2. The van der Waals surface area contributed by atoms with Crippen LogP contribution in [0.1, 0.15) is 66.9 Å². The van der Waals surface area contributed by atoms with Crippen LogP contribution >= 0.6 is 0 Å². The fraction of sp³-hybridized carbons (Fsp3) is 0.478. The number of imidazole rings is 1. The quantitative estimate of drug-likeness (QED) is 0.475. The average Bonchev–Trinajstić information content (AvgIpc) is 3.48. The number of carbonyl (C=O) groups is 3. The highest BCUT2D eigenvalue weighted by Gasteiger charge is 2.49. The van der Waals surface area contributed by atoms with E-state index in [0.717, 1.165) is 25.7 Å². The minimum Gasteiger partial charge on any atom is -0.351 e.